The minimum Gasteiger partial charge on any atom is -0.465 e. The summed E-state index contributed by atoms with van der Waals surface area (Å²) >= 11 is 0. The number of aromatic amines is 1. The van der Waals surface area contributed by atoms with Crippen molar-refractivity contribution in [1.29, 1.82) is 0 Å². The standard InChI is InChI=1S/C21H29N5O5/c1-5-6-10-26-17(22)16(18(27)24-21(26)30)25(11-9-13(2)3)19(28)15-8-7-14(12-23-15)20(29)31-4/h7-8,12-13H,5-6,9-11,22H2,1-4H3,(H,24,27,30). The molecule has 0 unspecified atom stereocenters. The third-order valence-corrected chi connectivity index (χ3v) is 4.80. The molecule has 2 rings (SSSR count). The van der Waals surface area contributed by atoms with Crippen LogP contribution in [0.1, 0.15) is 60.9 Å². The van der Waals surface area contributed by atoms with Crippen molar-refractivity contribution in [1.82, 2.24) is 14.5 Å². The zero-order chi connectivity index (χ0) is 23.1. The Bertz CT molecular complexity index is 1040. The number of hydrogen-bond donors (Lipinski definition) is 2. The van der Waals surface area contributed by atoms with Crippen LogP contribution in [0.5, 0.6) is 0 Å². The number of unbranched alkanes of at least 4 members (excludes halogenated alkanes) is 1. The number of H-pyrrole nitrogens is 1. The molecule has 2 aromatic rings. The van der Waals surface area contributed by atoms with Crippen LogP contribution >= 0.6 is 0 Å². The highest BCUT2D eigenvalue weighted by atomic mass is 16.5. The summed E-state index contributed by atoms with van der Waals surface area (Å²) in [6.45, 7) is 6.47. The molecule has 0 bridgehead atoms. The number of nitrogens with one attached hydrogen (secondary N) is 1. The van der Waals surface area contributed by atoms with E-state index in [4.69, 9.17) is 5.73 Å². The van der Waals surface area contributed by atoms with Gasteiger partial charge in [0.05, 0.1) is 12.7 Å². The SMILES string of the molecule is CCCCn1c(N)c(N(CCC(C)C)C(=O)c2ccc(C(=O)OC)cn2)c(=O)[nH]c1=O. The molecule has 10 nitrogen and oxygen atoms in total. The molecule has 168 valence electrons. The van der Waals surface area contributed by atoms with E-state index >= 15 is 0 Å². The molecular weight excluding hydrogens is 402 g/mol. The van der Waals surface area contributed by atoms with Gasteiger partial charge in [0, 0.05) is 19.3 Å². The predicted molar refractivity (Wildman–Crippen MR) is 117 cm³/mol. The largest absolute Gasteiger partial charge is 0.465 e. The first-order valence-corrected chi connectivity index (χ1v) is 10.2. The van der Waals surface area contributed by atoms with Crippen molar-refractivity contribution in [3.63, 3.8) is 0 Å². The van der Waals surface area contributed by atoms with E-state index in [1.54, 1.807) is 0 Å². The van der Waals surface area contributed by atoms with Gasteiger partial charge in [-0.3, -0.25) is 29.0 Å². The van der Waals surface area contributed by atoms with E-state index < -0.39 is 23.1 Å². The smallest absolute Gasteiger partial charge is 0.339 e. The van der Waals surface area contributed by atoms with Crippen LogP contribution in [0.2, 0.25) is 0 Å². The Morgan fingerprint density at radius 2 is 2.00 bits per heavy atom. The molecule has 0 spiro atoms. The lowest BCUT2D eigenvalue weighted by Crippen LogP contribution is -2.42. The average Bonchev–Trinajstić information content (AvgIpc) is 2.74. The highest BCUT2D eigenvalue weighted by Gasteiger charge is 2.26. The molecule has 0 saturated heterocycles. The summed E-state index contributed by atoms with van der Waals surface area (Å²) in [7, 11) is 1.25. The quantitative estimate of drug-likeness (QED) is 0.577. The fourth-order valence-electron chi connectivity index (χ4n) is 2.98. The van der Waals surface area contributed by atoms with Gasteiger partial charge in [-0.25, -0.2) is 9.59 Å². The van der Waals surface area contributed by atoms with Crippen LogP contribution in [0.15, 0.2) is 27.9 Å². The van der Waals surface area contributed by atoms with E-state index in [1.807, 2.05) is 20.8 Å². The number of esters is 1. The highest BCUT2D eigenvalue weighted by Crippen LogP contribution is 2.21. The number of rotatable bonds is 9. The molecule has 0 saturated carbocycles. The number of aromatic nitrogens is 3. The number of pyridine rings is 1. The van der Waals surface area contributed by atoms with Crippen LogP contribution in [0, 0.1) is 5.92 Å². The van der Waals surface area contributed by atoms with E-state index in [2.05, 4.69) is 14.7 Å². The van der Waals surface area contributed by atoms with Crippen LogP contribution in [-0.2, 0) is 11.3 Å². The Hall–Kier alpha value is -3.43. The Labute approximate surface area is 180 Å². The zero-order valence-electron chi connectivity index (χ0n) is 18.3. The molecule has 0 aliphatic rings. The minimum atomic E-state index is -0.737. The van der Waals surface area contributed by atoms with Gasteiger partial charge in [-0.2, -0.15) is 0 Å². The first-order chi connectivity index (χ1) is 14.7. The highest BCUT2D eigenvalue weighted by molar-refractivity contribution is 6.06. The normalized spacial score (nSPS) is 10.9. The molecule has 10 heteroatoms. The van der Waals surface area contributed by atoms with E-state index in [-0.39, 0.29) is 35.2 Å². The molecule has 0 aliphatic heterocycles. The number of nitrogen functional groups attached to an aromatic ring is 1. The number of amides is 1. The molecule has 2 aromatic heterocycles. The monoisotopic (exact) mass is 431 g/mol. The van der Waals surface area contributed by atoms with E-state index in [1.165, 1.54) is 34.9 Å². The summed E-state index contributed by atoms with van der Waals surface area (Å²) in [6, 6.07) is 2.80. The van der Waals surface area contributed by atoms with Crippen LogP contribution in [0.25, 0.3) is 0 Å². The van der Waals surface area contributed by atoms with E-state index in [0.717, 1.165) is 6.42 Å². The van der Waals surface area contributed by atoms with Gasteiger partial charge in [0.15, 0.2) is 5.69 Å². The van der Waals surface area contributed by atoms with Crippen molar-refractivity contribution in [2.24, 2.45) is 5.92 Å². The van der Waals surface area contributed by atoms with Gasteiger partial charge in [-0.1, -0.05) is 27.2 Å². The summed E-state index contributed by atoms with van der Waals surface area (Å²) in [5.41, 5.74) is 4.99. The van der Waals surface area contributed by atoms with Crippen LogP contribution in [0.4, 0.5) is 11.5 Å². The van der Waals surface area contributed by atoms with Crippen molar-refractivity contribution in [3.8, 4) is 0 Å². The van der Waals surface area contributed by atoms with Gasteiger partial charge in [-0.15, -0.1) is 0 Å². The Morgan fingerprint density at radius 3 is 2.55 bits per heavy atom. The maximum Gasteiger partial charge on any atom is 0.339 e. The first kappa shape index (κ1) is 23.8. The van der Waals surface area contributed by atoms with Crippen molar-refractivity contribution >= 4 is 23.4 Å². The topological polar surface area (TPSA) is 140 Å². The number of anilines is 2. The fraction of sp³-hybridized carbons (Fsp3) is 0.476. The second-order valence-corrected chi connectivity index (χ2v) is 7.56. The number of nitrogens with zero attached hydrogens (tertiary/aromatic N) is 3. The van der Waals surface area contributed by atoms with Crippen molar-refractivity contribution in [2.75, 3.05) is 24.3 Å². The van der Waals surface area contributed by atoms with Gasteiger partial charge >= 0.3 is 11.7 Å². The molecule has 2 heterocycles. The van der Waals surface area contributed by atoms with Gasteiger partial charge < -0.3 is 10.5 Å². The lowest BCUT2D eigenvalue weighted by atomic mass is 10.1. The molecule has 0 aliphatic carbocycles. The van der Waals surface area contributed by atoms with E-state index in [9.17, 15) is 19.2 Å². The van der Waals surface area contributed by atoms with Gasteiger partial charge in [0.1, 0.15) is 11.5 Å². The second-order valence-electron chi connectivity index (χ2n) is 7.56. The Balaban J connectivity index is 2.54. The lowest BCUT2D eigenvalue weighted by Gasteiger charge is -2.25. The number of carbonyl (C=O) groups excluding carboxylic acids is 2. The lowest BCUT2D eigenvalue weighted by molar-refractivity contribution is 0.0599. The number of carbonyl (C=O) groups is 2. The molecule has 0 atom stereocenters. The zero-order valence-corrected chi connectivity index (χ0v) is 18.3. The van der Waals surface area contributed by atoms with Crippen LogP contribution in [-0.4, -0.2) is 40.1 Å². The third-order valence-electron chi connectivity index (χ3n) is 4.80. The number of hydrogen-bond acceptors (Lipinski definition) is 7. The molecule has 0 fully saturated rings. The Morgan fingerprint density at radius 1 is 1.29 bits per heavy atom. The van der Waals surface area contributed by atoms with Crippen LogP contribution in [0.3, 0.4) is 0 Å². The Kier molecular flexibility index (Phi) is 8.12. The fourth-order valence-corrected chi connectivity index (χ4v) is 2.98. The molecule has 3 N–H and O–H groups in total. The maximum atomic E-state index is 13.3. The molecule has 0 radical (unpaired) electrons. The third kappa shape index (κ3) is 5.59. The molecule has 0 aromatic carbocycles. The van der Waals surface area contributed by atoms with E-state index in [0.29, 0.717) is 19.4 Å². The second kappa shape index (κ2) is 10.6. The predicted octanol–water partition coefficient (Wildman–Crippen LogP) is 1.79. The molecular formula is C21H29N5O5. The minimum absolute atomic E-state index is 0.0292. The average molecular weight is 431 g/mol. The van der Waals surface area contributed by atoms with Crippen molar-refractivity contribution in [2.45, 2.75) is 46.6 Å². The first-order valence-electron chi connectivity index (χ1n) is 10.2. The summed E-state index contributed by atoms with van der Waals surface area (Å²) in [6.07, 6.45) is 3.34. The maximum absolute atomic E-state index is 13.3. The van der Waals surface area contributed by atoms with Gasteiger partial charge in [-0.05, 0) is 30.9 Å². The summed E-state index contributed by atoms with van der Waals surface area (Å²) in [5, 5.41) is 0. The summed E-state index contributed by atoms with van der Waals surface area (Å²) < 4.78 is 5.91. The van der Waals surface area contributed by atoms with Gasteiger partial charge in [0.25, 0.3) is 11.5 Å². The van der Waals surface area contributed by atoms with Gasteiger partial charge in [0.2, 0.25) is 0 Å². The number of nitrogens with two attached hydrogens (primary N) is 1. The number of ether oxygens (including phenoxy) is 1. The molecule has 1 amide bonds. The summed E-state index contributed by atoms with van der Waals surface area (Å²) in [4.78, 5) is 57.4. The number of methoxy groups -OCH3 is 1. The van der Waals surface area contributed by atoms with Crippen molar-refractivity contribution in [3.05, 3.63) is 50.4 Å². The van der Waals surface area contributed by atoms with Crippen molar-refractivity contribution < 1.29 is 14.3 Å². The molecule has 31 heavy (non-hydrogen) atoms. The van der Waals surface area contributed by atoms with Crippen LogP contribution < -0.4 is 21.9 Å². The summed E-state index contributed by atoms with van der Waals surface area (Å²) in [5.74, 6) is -0.955.